The van der Waals surface area contributed by atoms with Gasteiger partial charge in [-0.3, -0.25) is 4.79 Å². The molecule has 0 spiro atoms. The third-order valence-corrected chi connectivity index (χ3v) is 3.58. The Labute approximate surface area is 131 Å². The molecule has 1 heterocycles. The van der Waals surface area contributed by atoms with Gasteiger partial charge >= 0.3 is 5.97 Å². The van der Waals surface area contributed by atoms with Gasteiger partial charge in [-0.2, -0.15) is 0 Å². The number of hydrogen-bond donors (Lipinski definition) is 4. The summed E-state index contributed by atoms with van der Waals surface area (Å²) >= 11 is 1.13. The number of carbonyl (C=O) groups is 2. The predicted molar refractivity (Wildman–Crippen MR) is 84.6 cm³/mol. The van der Waals surface area contributed by atoms with Gasteiger partial charge in [-0.25, -0.2) is 10.7 Å². The van der Waals surface area contributed by atoms with Gasteiger partial charge in [-0.05, 0) is 23.8 Å². The van der Waals surface area contributed by atoms with Crippen LogP contribution in [0.2, 0.25) is 0 Å². The van der Waals surface area contributed by atoms with Crippen LogP contribution in [0.3, 0.4) is 0 Å². The molecule has 0 atom stereocenters. The fraction of sp³-hybridized carbons (Fsp3) is 0.0667. The number of hydrogen-bond acceptors (Lipinski definition) is 5. The number of thiophene rings is 1. The van der Waals surface area contributed by atoms with Crippen LogP contribution in [0, 0.1) is 0 Å². The molecule has 22 heavy (non-hydrogen) atoms. The zero-order valence-corrected chi connectivity index (χ0v) is 12.4. The summed E-state index contributed by atoms with van der Waals surface area (Å²) < 4.78 is 0. The highest BCUT2D eigenvalue weighted by Gasteiger charge is 2.05. The van der Waals surface area contributed by atoms with Crippen molar-refractivity contribution in [2.45, 2.75) is 6.54 Å². The van der Waals surface area contributed by atoms with Gasteiger partial charge in [0.1, 0.15) is 4.88 Å². The highest BCUT2D eigenvalue weighted by atomic mass is 32.1. The van der Waals surface area contributed by atoms with Crippen molar-refractivity contribution in [1.29, 1.82) is 0 Å². The minimum absolute atomic E-state index is 0.209. The molecule has 5 N–H and O–H groups in total. The molecule has 1 aromatic carbocycles. The summed E-state index contributed by atoms with van der Waals surface area (Å²) in [5, 5.41) is 18.1. The Morgan fingerprint density at radius 3 is 2.41 bits per heavy atom. The molecule has 2 aromatic rings. The van der Waals surface area contributed by atoms with E-state index >= 15 is 0 Å². The van der Waals surface area contributed by atoms with Crippen LogP contribution < -0.4 is 11.2 Å². The van der Waals surface area contributed by atoms with E-state index < -0.39 is 5.97 Å². The van der Waals surface area contributed by atoms with Crippen molar-refractivity contribution in [2.24, 2.45) is 5.90 Å². The van der Waals surface area contributed by atoms with Crippen LogP contribution in [0.15, 0.2) is 48.5 Å². The molecule has 0 aliphatic heterocycles. The summed E-state index contributed by atoms with van der Waals surface area (Å²) in [5.41, 5.74) is 1.03. The van der Waals surface area contributed by atoms with Crippen LogP contribution in [0.4, 0.5) is 0 Å². The lowest BCUT2D eigenvalue weighted by Crippen LogP contribution is -2.20. The number of rotatable bonds is 5. The first-order valence-corrected chi connectivity index (χ1v) is 7.05. The second-order valence-corrected chi connectivity index (χ2v) is 5.16. The normalized spacial score (nSPS) is 9.91. The Hall–Kier alpha value is -2.48. The van der Waals surface area contributed by atoms with Crippen LogP contribution >= 0.6 is 11.3 Å². The van der Waals surface area contributed by atoms with E-state index in [-0.39, 0.29) is 10.8 Å². The number of carbonyl (C=O) groups excluding carboxylic acids is 1. The quantitative estimate of drug-likeness (QED) is 0.498. The molecule has 2 rings (SSSR count). The zero-order valence-electron chi connectivity index (χ0n) is 11.6. The van der Waals surface area contributed by atoms with E-state index in [1.165, 1.54) is 12.1 Å². The molecular formula is C15H16N2O4S. The SMILES string of the molecule is NO.O=C(/C=C/c1ccc(C(=O)O)s1)NCc1ccccc1. The van der Waals surface area contributed by atoms with Crippen molar-refractivity contribution in [3.05, 3.63) is 63.9 Å². The summed E-state index contributed by atoms with van der Waals surface area (Å²) in [6.07, 6.45) is 3.01. The van der Waals surface area contributed by atoms with Crippen molar-refractivity contribution in [2.75, 3.05) is 0 Å². The molecule has 1 aromatic heterocycles. The Kier molecular flexibility index (Phi) is 7.55. The van der Waals surface area contributed by atoms with Crippen molar-refractivity contribution >= 4 is 29.3 Å². The van der Waals surface area contributed by atoms with Crippen molar-refractivity contribution in [3.8, 4) is 0 Å². The lowest BCUT2D eigenvalue weighted by atomic mass is 10.2. The van der Waals surface area contributed by atoms with E-state index in [1.807, 2.05) is 30.3 Å². The van der Waals surface area contributed by atoms with Gasteiger partial charge in [0.05, 0.1) is 0 Å². The van der Waals surface area contributed by atoms with Gasteiger partial charge in [0.25, 0.3) is 0 Å². The Bertz CT molecular complexity index is 638. The minimum atomic E-state index is -0.955. The molecule has 0 unspecified atom stereocenters. The standard InChI is InChI=1S/C15H13NO3S.H3NO/c17-14(16-10-11-4-2-1-3-5-11)9-7-12-6-8-13(20-12)15(18)19;1-2/h1-9H,10H2,(H,16,17)(H,18,19);2H,1H2/b9-7+;. The average molecular weight is 320 g/mol. The molecule has 0 bridgehead atoms. The molecule has 116 valence electrons. The Morgan fingerprint density at radius 1 is 1.14 bits per heavy atom. The van der Waals surface area contributed by atoms with Crippen LogP contribution in [0.5, 0.6) is 0 Å². The number of benzene rings is 1. The van der Waals surface area contributed by atoms with Crippen LogP contribution in [-0.2, 0) is 11.3 Å². The number of nitrogens with two attached hydrogens (primary N) is 1. The molecule has 6 nitrogen and oxygen atoms in total. The summed E-state index contributed by atoms with van der Waals surface area (Å²) in [6.45, 7) is 0.467. The zero-order chi connectivity index (χ0) is 16.4. The maximum Gasteiger partial charge on any atom is 0.345 e. The first kappa shape index (κ1) is 17.6. The summed E-state index contributed by atoms with van der Waals surface area (Å²) in [7, 11) is 0. The predicted octanol–water partition coefficient (Wildman–Crippen LogP) is 2.11. The maximum atomic E-state index is 11.6. The van der Waals surface area contributed by atoms with Crippen molar-refractivity contribution in [3.63, 3.8) is 0 Å². The third kappa shape index (κ3) is 5.88. The topological polar surface area (TPSA) is 113 Å². The summed E-state index contributed by atoms with van der Waals surface area (Å²) in [4.78, 5) is 23.3. The number of aromatic carboxylic acids is 1. The van der Waals surface area contributed by atoms with E-state index in [0.29, 0.717) is 6.54 Å². The highest BCUT2D eigenvalue weighted by molar-refractivity contribution is 7.14. The Balaban J connectivity index is 0.00000116. The third-order valence-electron chi connectivity index (χ3n) is 2.55. The highest BCUT2D eigenvalue weighted by Crippen LogP contribution is 2.17. The Morgan fingerprint density at radius 2 is 1.82 bits per heavy atom. The molecule has 0 fully saturated rings. The van der Waals surface area contributed by atoms with Crippen molar-refractivity contribution < 1.29 is 19.9 Å². The molecule has 0 aliphatic rings. The first-order valence-electron chi connectivity index (χ1n) is 6.24. The second-order valence-electron chi connectivity index (χ2n) is 4.04. The average Bonchev–Trinajstić information content (AvgIpc) is 3.03. The van der Waals surface area contributed by atoms with Gasteiger partial charge in [0, 0.05) is 17.5 Å². The van der Waals surface area contributed by atoms with Gasteiger partial charge < -0.3 is 15.6 Å². The molecule has 0 radical (unpaired) electrons. The van der Waals surface area contributed by atoms with Crippen molar-refractivity contribution in [1.82, 2.24) is 5.32 Å². The van der Waals surface area contributed by atoms with Gasteiger partial charge in [-0.1, -0.05) is 30.3 Å². The maximum absolute atomic E-state index is 11.6. The molecule has 0 saturated heterocycles. The van der Waals surface area contributed by atoms with Crippen LogP contribution in [-0.4, -0.2) is 22.2 Å². The summed E-state index contributed by atoms with van der Waals surface area (Å²) in [6, 6.07) is 12.8. The summed E-state index contributed by atoms with van der Waals surface area (Å²) in [5.74, 6) is 2.34. The largest absolute Gasteiger partial charge is 0.477 e. The van der Waals surface area contributed by atoms with Crippen LogP contribution in [0.25, 0.3) is 6.08 Å². The molecule has 0 aliphatic carbocycles. The second kappa shape index (κ2) is 9.46. The number of nitrogens with one attached hydrogen (secondary N) is 1. The number of carboxylic acids is 1. The van der Waals surface area contributed by atoms with E-state index in [2.05, 4.69) is 11.2 Å². The molecular weight excluding hydrogens is 304 g/mol. The fourth-order valence-corrected chi connectivity index (χ4v) is 2.31. The van der Waals surface area contributed by atoms with E-state index in [4.69, 9.17) is 10.3 Å². The minimum Gasteiger partial charge on any atom is -0.477 e. The van der Waals surface area contributed by atoms with Gasteiger partial charge in [0.2, 0.25) is 5.91 Å². The monoisotopic (exact) mass is 320 g/mol. The van der Waals surface area contributed by atoms with Crippen LogP contribution in [0.1, 0.15) is 20.1 Å². The van der Waals surface area contributed by atoms with E-state index in [9.17, 15) is 9.59 Å². The number of amides is 1. The molecule has 7 heteroatoms. The lowest BCUT2D eigenvalue weighted by Gasteiger charge is -2.01. The van der Waals surface area contributed by atoms with E-state index in [1.54, 1.807) is 12.1 Å². The van der Waals surface area contributed by atoms with E-state index in [0.717, 1.165) is 21.8 Å². The molecule has 0 saturated carbocycles. The molecule has 1 amide bonds. The fourth-order valence-electron chi connectivity index (χ4n) is 1.56. The van der Waals surface area contributed by atoms with Gasteiger partial charge in [-0.15, -0.1) is 11.3 Å². The first-order chi connectivity index (χ1) is 10.6. The lowest BCUT2D eigenvalue weighted by molar-refractivity contribution is -0.116. The smallest absolute Gasteiger partial charge is 0.345 e. The van der Waals surface area contributed by atoms with Gasteiger partial charge in [0.15, 0.2) is 0 Å². The number of carboxylic acid groups (broad SMARTS) is 1.